The lowest BCUT2D eigenvalue weighted by atomic mass is 9.73. The van der Waals surface area contributed by atoms with Gasteiger partial charge >= 0.3 is 0 Å². The highest BCUT2D eigenvalue weighted by Crippen LogP contribution is 2.38. The van der Waals surface area contributed by atoms with Gasteiger partial charge in [-0.05, 0) is 17.7 Å². The zero-order chi connectivity index (χ0) is 19.5. The summed E-state index contributed by atoms with van der Waals surface area (Å²) in [5.74, 6) is -0.0374. The summed E-state index contributed by atoms with van der Waals surface area (Å²) >= 11 is 0. The van der Waals surface area contributed by atoms with Gasteiger partial charge in [0.2, 0.25) is 5.71 Å². The largest absolute Gasteiger partial charge is 0.294 e. The maximum atomic E-state index is 13.4. The number of hydrogen-bond acceptors (Lipinski definition) is 1. The molecule has 3 aromatic carbocycles. The van der Waals surface area contributed by atoms with Crippen molar-refractivity contribution in [2.24, 2.45) is 5.92 Å². The lowest BCUT2D eigenvalue weighted by molar-refractivity contribution is -0.505. The number of ketones is 1. The predicted molar refractivity (Wildman–Crippen MR) is 114 cm³/mol. The highest BCUT2D eigenvalue weighted by molar-refractivity contribution is 6.11. The predicted octanol–water partition coefficient (Wildman–Crippen LogP) is 4.97. The lowest BCUT2D eigenvalue weighted by Crippen LogP contribution is -2.41. The maximum absolute atomic E-state index is 13.4. The Hall–Kier alpha value is -3.26. The van der Waals surface area contributed by atoms with Crippen LogP contribution in [0.4, 0.5) is 0 Å². The van der Waals surface area contributed by atoms with Gasteiger partial charge in [0.25, 0.3) is 0 Å². The molecule has 0 unspecified atom stereocenters. The average Bonchev–Trinajstić information content (AvgIpc) is 2.75. The third kappa shape index (κ3) is 3.34. The number of carbonyl (C=O) groups is 1. The van der Waals surface area contributed by atoms with Gasteiger partial charge in [-0.1, -0.05) is 85.4 Å². The van der Waals surface area contributed by atoms with E-state index in [4.69, 9.17) is 0 Å². The SMILES string of the molecule is C=C1C(c2ccccc2)=[N+](C)C[C@H](C(=O)c2ccccc2)[C@H]1c1ccccc1. The van der Waals surface area contributed by atoms with Crippen LogP contribution in [0.5, 0.6) is 0 Å². The number of Topliss-reactive ketones (excluding diaryl/α,β-unsaturated/α-hetero) is 1. The van der Waals surface area contributed by atoms with Crippen LogP contribution in [0.15, 0.2) is 103 Å². The molecule has 2 atom stereocenters. The van der Waals surface area contributed by atoms with Crippen LogP contribution >= 0.6 is 0 Å². The van der Waals surface area contributed by atoms with Gasteiger partial charge < -0.3 is 0 Å². The summed E-state index contributed by atoms with van der Waals surface area (Å²) < 4.78 is 2.18. The molecule has 0 saturated heterocycles. The van der Waals surface area contributed by atoms with E-state index in [1.54, 1.807) is 0 Å². The summed E-state index contributed by atoms with van der Waals surface area (Å²) in [6.07, 6.45) is 0. The van der Waals surface area contributed by atoms with Gasteiger partial charge in [0.15, 0.2) is 12.3 Å². The fraction of sp³-hybridized carbons (Fsp3) is 0.154. The molecule has 0 N–H and O–H groups in total. The minimum absolute atomic E-state index is 0.0414. The topological polar surface area (TPSA) is 20.1 Å². The summed E-state index contributed by atoms with van der Waals surface area (Å²) in [6.45, 7) is 5.14. The zero-order valence-corrected chi connectivity index (χ0v) is 16.1. The molecule has 0 aliphatic carbocycles. The van der Waals surface area contributed by atoms with Crippen LogP contribution in [0.3, 0.4) is 0 Å². The Morgan fingerprint density at radius 2 is 1.39 bits per heavy atom. The van der Waals surface area contributed by atoms with Gasteiger partial charge in [-0.2, -0.15) is 0 Å². The third-order valence-electron chi connectivity index (χ3n) is 5.54. The van der Waals surface area contributed by atoms with E-state index in [1.165, 1.54) is 0 Å². The number of benzene rings is 3. The maximum Gasteiger partial charge on any atom is 0.210 e. The normalized spacial score (nSPS) is 19.5. The molecule has 3 aromatic rings. The van der Waals surface area contributed by atoms with E-state index in [9.17, 15) is 4.79 Å². The van der Waals surface area contributed by atoms with Gasteiger partial charge in [0.1, 0.15) is 7.05 Å². The first kappa shape index (κ1) is 18.1. The molecule has 0 radical (unpaired) electrons. The van der Waals surface area contributed by atoms with E-state index in [0.717, 1.165) is 28.0 Å². The molecule has 0 saturated carbocycles. The fourth-order valence-corrected chi connectivity index (χ4v) is 4.27. The fourth-order valence-electron chi connectivity index (χ4n) is 4.27. The van der Waals surface area contributed by atoms with Crippen molar-refractivity contribution in [1.82, 2.24) is 0 Å². The molecular formula is C26H24NO+. The van der Waals surface area contributed by atoms with Gasteiger partial charge in [-0.15, -0.1) is 0 Å². The summed E-state index contributed by atoms with van der Waals surface area (Å²) in [4.78, 5) is 13.4. The van der Waals surface area contributed by atoms with Crippen molar-refractivity contribution in [3.63, 3.8) is 0 Å². The van der Waals surface area contributed by atoms with Gasteiger partial charge in [0, 0.05) is 22.6 Å². The van der Waals surface area contributed by atoms with Crippen molar-refractivity contribution in [3.05, 3.63) is 120 Å². The van der Waals surface area contributed by atoms with Crippen molar-refractivity contribution in [2.75, 3.05) is 13.6 Å². The van der Waals surface area contributed by atoms with Crippen LogP contribution in [-0.4, -0.2) is 29.7 Å². The standard InChI is InChI=1S/C26H24NO/c1-19-24(20-12-6-3-7-13-20)23(26(28)22-16-10-5-11-17-22)18-27(2)25(19)21-14-8-4-9-15-21/h3-17,23-24H,1,18H2,2H3/q+1/t23-,24+/m0/s1. The third-order valence-corrected chi connectivity index (χ3v) is 5.54. The Kier molecular flexibility index (Phi) is 5.03. The second-order valence-corrected chi connectivity index (χ2v) is 7.35. The number of rotatable bonds is 4. The van der Waals surface area contributed by atoms with Crippen LogP contribution in [0.25, 0.3) is 0 Å². The molecular weight excluding hydrogens is 342 g/mol. The summed E-state index contributed by atoms with van der Waals surface area (Å²) in [5.41, 5.74) is 5.16. The quantitative estimate of drug-likeness (QED) is 0.471. The Balaban J connectivity index is 1.83. The molecule has 28 heavy (non-hydrogen) atoms. The number of hydrogen-bond donors (Lipinski definition) is 0. The van der Waals surface area contributed by atoms with E-state index in [-0.39, 0.29) is 17.6 Å². The molecule has 4 rings (SSSR count). The van der Waals surface area contributed by atoms with Crippen molar-refractivity contribution in [1.29, 1.82) is 0 Å². The second-order valence-electron chi connectivity index (χ2n) is 7.35. The molecule has 0 aromatic heterocycles. The van der Waals surface area contributed by atoms with Crippen LogP contribution in [0, 0.1) is 5.92 Å². The van der Waals surface area contributed by atoms with Crippen molar-refractivity contribution in [3.8, 4) is 0 Å². The Bertz CT molecular complexity index is 1020. The molecule has 1 aliphatic heterocycles. The van der Waals surface area contributed by atoms with Gasteiger partial charge in [-0.25, -0.2) is 4.58 Å². The first-order chi connectivity index (χ1) is 13.7. The second kappa shape index (κ2) is 7.77. The number of nitrogens with zero attached hydrogens (tertiary/aromatic N) is 1. The molecule has 0 bridgehead atoms. The molecule has 2 nitrogen and oxygen atoms in total. The highest BCUT2D eigenvalue weighted by Gasteiger charge is 2.42. The summed E-state index contributed by atoms with van der Waals surface area (Å²) in [7, 11) is 2.06. The van der Waals surface area contributed by atoms with E-state index in [2.05, 4.69) is 42.5 Å². The van der Waals surface area contributed by atoms with E-state index < -0.39 is 0 Å². The van der Waals surface area contributed by atoms with E-state index in [1.807, 2.05) is 66.7 Å². The zero-order valence-electron chi connectivity index (χ0n) is 16.1. The monoisotopic (exact) mass is 366 g/mol. The van der Waals surface area contributed by atoms with Gasteiger partial charge in [-0.3, -0.25) is 4.79 Å². The molecule has 1 aliphatic rings. The minimum Gasteiger partial charge on any atom is -0.294 e. The highest BCUT2D eigenvalue weighted by atomic mass is 16.1. The first-order valence-corrected chi connectivity index (χ1v) is 9.63. The van der Waals surface area contributed by atoms with E-state index >= 15 is 0 Å². The number of carbonyl (C=O) groups excluding carboxylic acids is 1. The van der Waals surface area contributed by atoms with Crippen molar-refractivity contribution < 1.29 is 9.37 Å². The minimum atomic E-state index is -0.172. The number of allylic oxidation sites excluding steroid dienone is 1. The average molecular weight is 366 g/mol. The molecule has 1 heterocycles. The van der Waals surface area contributed by atoms with Crippen molar-refractivity contribution >= 4 is 11.5 Å². The molecule has 0 amide bonds. The van der Waals surface area contributed by atoms with Crippen LogP contribution in [0.2, 0.25) is 0 Å². The Morgan fingerprint density at radius 3 is 2.00 bits per heavy atom. The smallest absolute Gasteiger partial charge is 0.210 e. The van der Waals surface area contributed by atoms with Crippen molar-refractivity contribution in [2.45, 2.75) is 5.92 Å². The van der Waals surface area contributed by atoms with Crippen LogP contribution in [-0.2, 0) is 0 Å². The van der Waals surface area contributed by atoms with Gasteiger partial charge in [0.05, 0.1) is 5.92 Å². The molecule has 0 fully saturated rings. The Morgan fingerprint density at radius 1 is 0.857 bits per heavy atom. The first-order valence-electron chi connectivity index (χ1n) is 9.63. The summed E-state index contributed by atoms with van der Waals surface area (Å²) in [5, 5.41) is 0. The molecule has 2 heteroatoms. The molecule has 0 spiro atoms. The van der Waals surface area contributed by atoms with Crippen LogP contribution in [0.1, 0.15) is 27.4 Å². The Labute approximate surface area is 166 Å². The van der Waals surface area contributed by atoms with Crippen LogP contribution < -0.4 is 0 Å². The summed E-state index contributed by atoms with van der Waals surface area (Å²) in [6, 6.07) is 30.2. The van der Waals surface area contributed by atoms with E-state index in [0.29, 0.717) is 6.54 Å². The molecule has 138 valence electrons. The lowest BCUT2D eigenvalue weighted by Gasteiger charge is -2.31.